The molecule has 1 aliphatic carbocycles. The Hall–Kier alpha value is -1.58. The summed E-state index contributed by atoms with van der Waals surface area (Å²) in [4.78, 5) is 12.1. The van der Waals surface area contributed by atoms with E-state index in [2.05, 4.69) is 19.2 Å². The van der Waals surface area contributed by atoms with Crippen LogP contribution in [0.15, 0.2) is 12.1 Å². The Balaban J connectivity index is 2.13. The summed E-state index contributed by atoms with van der Waals surface area (Å²) in [6.45, 7) is 5.94. The minimum atomic E-state index is -0.432. The van der Waals surface area contributed by atoms with Crippen LogP contribution < -0.4 is 11.1 Å². The molecule has 2 rings (SSSR count). The van der Waals surface area contributed by atoms with E-state index < -0.39 is 5.82 Å². The molecule has 0 spiro atoms. The molecule has 0 heterocycles. The van der Waals surface area contributed by atoms with Crippen LogP contribution in [0, 0.1) is 24.6 Å². The van der Waals surface area contributed by atoms with Gasteiger partial charge in [0.1, 0.15) is 5.82 Å². The fraction of sp³-hybridized carbons (Fsp3) is 0.533. The molecular formula is C15H21FN2O. The fourth-order valence-electron chi connectivity index (χ4n) is 2.65. The quantitative estimate of drug-likeness (QED) is 0.807. The highest BCUT2D eigenvalue weighted by atomic mass is 19.1. The number of hydrogen-bond acceptors (Lipinski definition) is 2. The van der Waals surface area contributed by atoms with Crippen molar-refractivity contribution in [2.45, 2.75) is 39.7 Å². The third-order valence-corrected chi connectivity index (χ3v) is 4.43. The lowest BCUT2D eigenvalue weighted by atomic mass is 9.97. The average Bonchev–Trinajstić information content (AvgIpc) is 2.67. The predicted octanol–water partition coefficient (Wildman–Crippen LogP) is 2.88. The van der Waals surface area contributed by atoms with Crippen LogP contribution in [0.4, 0.5) is 10.1 Å². The van der Waals surface area contributed by atoms with Gasteiger partial charge in [-0.1, -0.05) is 13.8 Å². The Labute approximate surface area is 113 Å². The Morgan fingerprint density at radius 2 is 2.05 bits per heavy atom. The number of benzene rings is 1. The maximum absolute atomic E-state index is 13.6. The second-order valence-corrected chi connectivity index (χ2v) is 5.67. The minimum absolute atomic E-state index is 0.174. The van der Waals surface area contributed by atoms with E-state index in [1.807, 2.05) is 0 Å². The summed E-state index contributed by atoms with van der Waals surface area (Å²) in [7, 11) is 0. The lowest BCUT2D eigenvalue weighted by Crippen LogP contribution is -2.37. The number of carbonyl (C=O) groups excluding carboxylic acids is 1. The zero-order valence-corrected chi connectivity index (χ0v) is 11.7. The van der Waals surface area contributed by atoms with Crippen molar-refractivity contribution in [3.8, 4) is 0 Å². The second kappa shape index (κ2) is 5.19. The van der Waals surface area contributed by atoms with Crippen molar-refractivity contribution in [1.29, 1.82) is 0 Å². The Bertz CT molecular complexity index is 478. The molecule has 0 aliphatic heterocycles. The van der Waals surface area contributed by atoms with Crippen molar-refractivity contribution in [3.63, 3.8) is 0 Å². The molecule has 1 fully saturated rings. The number of amides is 1. The van der Waals surface area contributed by atoms with Crippen LogP contribution in [0.5, 0.6) is 0 Å². The van der Waals surface area contributed by atoms with E-state index in [0.29, 0.717) is 28.7 Å². The zero-order valence-electron chi connectivity index (χ0n) is 11.7. The largest absolute Gasteiger partial charge is 0.398 e. The molecule has 3 N–H and O–H groups in total. The Kier molecular flexibility index (Phi) is 3.78. The first-order chi connectivity index (χ1) is 8.90. The smallest absolute Gasteiger partial charge is 0.251 e. The summed E-state index contributed by atoms with van der Waals surface area (Å²) in [5.74, 6) is 0.399. The third-order valence-electron chi connectivity index (χ3n) is 4.43. The zero-order chi connectivity index (χ0) is 14.2. The van der Waals surface area contributed by atoms with Gasteiger partial charge in [-0.05, 0) is 43.7 Å². The van der Waals surface area contributed by atoms with Gasteiger partial charge in [-0.3, -0.25) is 4.79 Å². The van der Waals surface area contributed by atoms with E-state index in [9.17, 15) is 9.18 Å². The average molecular weight is 264 g/mol. The molecule has 1 amide bonds. The molecule has 3 nitrogen and oxygen atoms in total. The maximum Gasteiger partial charge on any atom is 0.251 e. The van der Waals surface area contributed by atoms with E-state index in [4.69, 9.17) is 5.73 Å². The first-order valence-electron chi connectivity index (χ1n) is 6.76. The molecule has 19 heavy (non-hydrogen) atoms. The number of rotatable bonds is 2. The van der Waals surface area contributed by atoms with Gasteiger partial charge in [-0.2, -0.15) is 0 Å². The van der Waals surface area contributed by atoms with Crippen molar-refractivity contribution >= 4 is 11.6 Å². The highest BCUT2D eigenvalue weighted by Crippen LogP contribution is 2.31. The molecule has 4 heteroatoms. The molecule has 3 atom stereocenters. The van der Waals surface area contributed by atoms with E-state index in [1.54, 1.807) is 6.92 Å². The topological polar surface area (TPSA) is 55.1 Å². The molecule has 104 valence electrons. The number of nitrogens with two attached hydrogens (primary N) is 1. The highest BCUT2D eigenvalue weighted by Gasteiger charge is 2.31. The van der Waals surface area contributed by atoms with Crippen LogP contribution in [-0.4, -0.2) is 11.9 Å². The first kappa shape index (κ1) is 13.8. The van der Waals surface area contributed by atoms with Crippen LogP contribution in [0.2, 0.25) is 0 Å². The van der Waals surface area contributed by atoms with E-state index in [1.165, 1.54) is 12.1 Å². The summed E-state index contributed by atoms with van der Waals surface area (Å²) >= 11 is 0. The van der Waals surface area contributed by atoms with Crippen LogP contribution >= 0.6 is 0 Å². The van der Waals surface area contributed by atoms with Crippen LogP contribution in [0.3, 0.4) is 0 Å². The minimum Gasteiger partial charge on any atom is -0.398 e. The number of nitrogens with one attached hydrogen (secondary N) is 1. The number of carbonyl (C=O) groups is 1. The van der Waals surface area contributed by atoms with Crippen molar-refractivity contribution in [2.24, 2.45) is 11.8 Å². The van der Waals surface area contributed by atoms with Crippen LogP contribution in [0.25, 0.3) is 0 Å². The monoisotopic (exact) mass is 264 g/mol. The fourth-order valence-corrected chi connectivity index (χ4v) is 2.65. The van der Waals surface area contributed by atoms with Gasteiger partial charge in [0.25, 0.3) is 5.91 Å². The Morgan fingerprint density at radius 3 is 2.58 bits per heavy atom. The number of anilines is 1. The van der Waals surface area contributed by atoms with Gasteiger partial charge >= 0.3 is 0 Å². The molecule has 1 aromatic carbocycles. The summed E-state index contributed by atoms with van der Waals surface area (Å²) < 4.78 is 13.6. The van der Waals surface area contributed by atoms with Gasteiger partial charge in [-0.25, -0.2) is 4.39 Å². The molecule has 1 saturated carbocycles. The van der Waals surface area contributed by atoms with Crippen molar-refractivity contribution < 1.29 is 9.18 Å². The Morgan fingerprint density at radius 1 is 1.37 bits per heavy atom. The van der Waals surface area contributed by atoms with Gasteiger partial charge in [0.15, 0.2) is 0 Å². The highest BCUT2D eigenvalue weighted by molar-refractivity contribution is 5.95. The van der Waals surface area contributed by atoms with Crippen LogP contribution in [-0.2, 0) is 0 Å². The SMILES string of the molecule is Cc1c(N)cc(C(=O)NC2CCC(C)C2C)cc1F. The molecule has 1 aromatic rings. The van der Waals surface area contributed by atoms with Gasteiger partial charge in [0.05, 0.1) is 0 Å². The molecule has 0 aromatic heterocycles. The van der Waals surface area contributed by atoms with E-state index >= 15 is 0 Å². The number of hydrogen-bond donors (Lipinski definition) is 2. The number of nitrogen functional groups attached to an aromatic ring is 1. The molecule has 0 radical (unpaired) electrons. The van der Waals surface area contributed by atoms with E-state index in [-0.39, 0.29) is 11.9 Å². The standard InChI is InChI=1S/C15H21FN2O/c1-8-4-5-14(9(8)2)18-15(19)11-6-12(16)10(3)13(17)7-11/h6-9,14H,4-5,17H2,1-3H3,(H,18,19). The normalized spacial score (nSPS) is 26.4. The van der Waals surface area contributed by atoms with Gasteiger partial charge in [0.2, 0.25) is 0 Å². The molecule has 0 bridgehead atoms. The maximum atomic E-state index is 13.6. The summed E-state index contributed by atoms with van der Waals surface area (Å²) in [6.07, 6.45) is 2.11. The third kappa shape index (κ3) is 2.72. The van der Waals surface area contributed by atoms with Gasteiger partial charge < -0.3 is 11.1 Å². The van der Waals surface area contributed by atoms with Crippen LogP contribution in [0.1, 0.15) is 42.6 Å². The van der Waals surface area contributed by atoms with Crippen molar-refractivity contribution in [2.75, 3.05) is 5.73 Å². The molecule has 1 aliphatic rings. The second-order valence-electron chi connectivity index (χ2n) is 5.67. The molecular weight excluding hydrogens is 243 g/mol. The number of halogens is 1. The molecule has 3 unspecified atom stereocenters. The lowest BCUT2D eigenvalue weighted by molar-refractivity contribution is 0.0927. The van der Waals surface area contributed by atoms with Gasteiger partial charge in [0, 0.05) is 22.9 Å². The predicted molar refractivity (Wildman–Crippen MR) is 74.4 cm³/mol. The summed E-state index contributed by atoms with van der Waals surface area (Å²) in [5, 5.41) is 2.99. The van der Waals surface area contributed by atoms with Gasteiger partial charge in [-0.15, -0.1) is 0 Å². The van der Waals surface area contributed by atoms with E-state index in [0.717, 1.165) is 12.8 Å². The first-order valence-corrected chi connectivity index (χ1v) is 6.76. The van der Waals surface area contributed by atoms with Crippen molar-refractivity contribution in [3.05, 3.63) is 29.1 Å². The summed E-state index contributed by atoms with van der Waals surface area (Å²) in [6, 6.07) is 2.97. The summed E-state index contributed by atoms with van der Waals surface area (Å²) in [5.41, 5.74) is 6.70. The lowest BCUT2D eigenvalue weighted by Gasteiger charge is -2.20. The molecule has 0 saturated heterocycles. The van der Waals surface area contributed by atoms with Crippen molar-refractivity contribution in [1.82, 2.24) is 5.32 Å².